The predicted octanol–water partition coefficient (Wildman–Crippen LogP) is 6.54. The molecule has 2 unspecified atom stereocenters. The van der Waals surface area contributed by atoms with Gasteiger partial charge < -0.3 is 18.9 Å². The number of benzene rings is 2. The van der Waals surface area contributed by atoms with Crippen LogP contribution in [0.3, 0.4) is 0 Å². The Bertz CT molecular complexity index is 2400. The highest BCUT2D eigenvalue weighted by molar-refractivity contribution is 5.90. The standard InChI is InChI=1S/2C22H23N3O4/c1-28-22(27)19-12-16(7-8-23-19)11-18(26)10-15-5-6-17-14-24-25(20(17)13-15)21-4-2-3-9-29-21;1-28-22(27)20-13-16(7-8-23-20)11-18(26)10-15-5-6-17-14-25(24-19(17)12-15)21-4-2-3-9-29-21/h2*5-8,12-14,21H,2-4,9-11H2,1H3. The minimum absolute atomic E-state index is 0.00284. The zero-order valence-corrected chi connectivity index (χ0v) is 32.7. The smallest absolute Gasteiger partial charge is 0.356 e. The maximum absolute atomic E-state index is 12.6. The molecule has 2 saturated heterocycles. The number of hydrogen-bond acceptors (Lipinski definition) is 12. The second kappa shape index (κ2) is 18.9. The number of esters is 2. The van der Waals surface area contributed by atoms with Crippen LogP contribution in [0, 0.1) is 0 Å². The molecule has 0 spiro atoms. The second-order valence-electron chi connectivity index (χ2n) is 14.5. The van der Waals surface area contributed by atoms with Gasteiger partial charge in [0.2, 0.25) is 0 Å². The lowest BCUT2D eigenvalue weighted by Crippen LogP contribution is -2.19. The van der Waals surface area contributed by atoms with E-state index < -0.39 is 11.9 Å². The number of ether oxygens (including phenoxy) is 4. The highest BCUT2D eigenvalue weighted by atomic mass is 16.5. The fourth-order valence-electron chi connectivity index (χ4n) is 7.25. The Labute approximate surface area is 335 Å². The number of hydrogen-bond donors (Lipinski definition) is 0. The number of ketones is 2. The average Bonchev–Trinajstić information content (AvgIpc) is 3.88. The van der Waals surface area contributed by atoms with Gasteiger partial charge in [-0.2, -0.15) is 10.2 Å². The monoisotopic (exact) mass is 786 g/mol. The number of aromatic nitrogens is 6. The van der Waals surface area contributed by atoms with Gasteiger partial charge in [0.25, 0.3) is 0 Å². The van der Waals surface area contributed by atoms with Crippen LogP contribution >= 0.6 is 0 Å². The zero-order valence-electron chi connectivity index (χ0n) is 32.7. The summed E-state index contributed by atoms with van der Waals surface area (Å²) in [7, 11) is 2.61. The predicted molar refractivity (Wildman–Crippen MR) is 213 cm³/mol. The molecule has 4 aromatic heterocycles. The largest absolute Gasteiger partial charge is 0.464 e. The van der Waals surface area contributed by atoms with Gasteiger partial charge in [0.05, 0.1) is 31.4 Å². The summed E-state index contributed by atoms with van der Waals surface area (Å²) >= 11 is 0. The van der Waals surface area contributed by atoms with Crippen LogP contribution in [0.2, 0.25) is 0 Å². The van der Waals surface area contributed by atoms with Gasteiger partial charge >= 0.3 is 11.9 Å². The van der Waals surface area contributed by atoms with Gasteiger partial charge in [-0.25, -0.2) is 28.9 Å². The van der Waals surface area contributed by atoms with E-state index in [1.165, 1.54) is 26.6 Å². The molecule has 14 nitrogen and oxygen atoms in total. The lowest BCUT2D eigenvalue weighted by Gasteiger charge is -2.23. The number of fused-ring (bicyclic) bond motifs is 2. The first kappa shape index (κ1) is 40.1. The molecule has 300 valence electrons. The third-order valence-electron chi connectivity index (χ3n) is 10.2. The maximum atomic E-state index is 12.6. The van der Waals surface area contributed by atoms with E-state index in [2.05, 4.69) is 29.6 Å². The summed E-state index contributed by atoms with van der Waals surface area (Å²) in [4.78, 5) is 56.3. The first-order valence-electron chi connectivity index (χ1n) is 19.5. The van der Waals surface area contributed by atoms with Crippen molar-refractivity contribution in [3.05, 3.63) is 119 Å². The normalized spacial score (nSPS) is 16.7. The van der Waals surface area contributed by atoms with E-state index in [-0.39, 0.29) is 48.3 Å². The Balaban J connectivity index is 0.000000177. The van der Waals surface area contributed by atoms with Crippen LogP contribution in [0.25, 0.3) is 21.8 Å². The Morgan fingerprint density at radius 2 is 1.19 bits per heavy atom. The van der Waals surface area contributed by atoms with Gasteiger partial charge in [0.1, 0.15) is 29.2 Å². The highest BCUT2D eigenvalue weighted by Crippen LogP contribution is 2.28. The first-order chi connectivity index (χ1) is 28.3. The Morgan fingerprint density at radius 3 is 1.74 bits per heavy atom. The lowest BCUT2D eigenvalue weighted by atomic mass is 10.0. The van der Waals surface area contributed by atoms with E-state index >= 15 is 0 Å². The molecule has 2 aliphatic heterocycles. The van der Waals surface area contributed by atoms with Crippen molar-refractivity contribution in [2.45, 2.75) is 76.7 Å². The van der Waals surface area contributed by atoms with Gasteiger partial charge in [-0.15, -0.1) is 0 Å². The molecule has 0 bridgehead atoms. The van der Waals surface area contributed by atoms with Gasteiger partial charge in [-0.05, 0) is 97.2 Å². The molecule has 0 radical (unpaired) electrons. The van der Waals surface area contributed by atoms with Crippen molar-refractivity contribution in [1.82, 2.24) is 29.5 Å². The van der Waals surface area contributed by atoms with Crippen molar-refractivity contribution in [1.29, 1.82) is 0 Å². The summed E-state index contributed by atoms with van der Waals surface area (Å²) in [6, 6.07) is 18.5. The van der Waals surface area contributed by atoms with Crippen LogP contribution in [0.4, 0.5) is 0 Å². The van der Waals surface area contributed by atoms with Crippen LogP contribution in [0.1, 0.15) is 94.2 Å². The fraction of sp³-hybridized carbons (Fsp3) is 0.364. The van der Waals surface area contributed by atoms with Gasteiger partial charge in [-0.3, -0.25) is 9.59 Å². The minimum Gasteiger partial charge on any atom is -0.464 e. The van der Waals surface area contributed by atoms with Crippen molar-refractivity contribution in [3.8, 4) is 0 Å². The Morgan fingerprint density at radius 1 is 0.655 bits per heavy atom. The SMILES string of the molecule is COC(=O)c1cc(CC(=O)Cc2ccc3cn(C4CCCCO4)nc3c2)ccn1.COC(=O)c1cc(CC(=O)Cc2ccc3cnn(C4CCCCO4)c3c2)ccn1. The number of Topliss-reactive ketones (excluding diaryl/α,β-unsaturated/α-hetero) is 2. The van der Waals surface area contributed by atoms with E-state index in [9.17, 15) is 19.2 Å². The molecule has 8 rings (SSSR count). The molecule has 0 saturated carbocycles. The van der Waals surface area contributed by atoms with Crippen molar-refractivity contribution in [3.63, 3.8) is 0 Å². The third kappa shape index (κ3) is 10.1. The fourth-order valence-corrected chi connectivity index (χ4v) is 7.25. The second-order valence-corrected chi connectivity index (χ2v) is 14.5. The van der Waals surface area contributed by atoms with Crippen molar-refractivity contribution in [2.24, 2.45) is 0 Å². The molecule has 14 heteroatoms. The summed E-state index contributed by atoms with van der Waals surface area (Å²) in [6.07, 6.45) is 14.3. The molecule has 2 atom stereocenters. The quantitative estimate of drug-likeness (QED) is 0.123. The van der Waals surface area contributed by atoms with Crippen LogP contribution in [0.5, 0.6) is 0 Å². The molecule has 6 aromatic rings. The van der Waals surface area contributed by atoms with E-state index in [0.717, 1.165) is 95.8 Å². The van der Waals surface area contributed by atoms with Gasteiger partial charge in [0, 0.05) is 68.3 Å². The third-order valence-corrected chi connectivity index (χ3v) is 10.2. The molecule has 6 heterocycles. The zero-order chi connectivity index (χ0) is 40.4. The molecule has 0 N–H and O–H groups in total. The number of carbonyl (C=O) groups is 4. The summed E-state index contributed by atoms with van der Waals surface area (Å²) in [6.45, 7) is 1.52. The molecule has 2 aromatic carbocycles. The van der Waals surface area contributed by atoms with Crippen molar-refractivity contribution < 1.29 is 38.1 Å². The number of nitrogens with zero attached hydrogens (tertiary/aromatic N) is 6. The van der Waals surface area contributed by atoms with Gasteiger partial charge in [0.15, 0.2) is 6.23 Å². The molecule has 2 aliphatic rings. The first-order valence-corrected chi connectivity index (χ1v) is 19.5. The Hall–Kier alpha value is -6.12. The number of rotatable bonds is 12. The van der Waals surface area contributed by atoms with Gasteiger partial charge in [-0.1, -0.05) is 24.3 Å². The summed E-state index contributed by atoms with van der Waals surface area (Å²) in [5.41, 5.74) is 5.59. The maximum Gasteiger partial charge on any atom is 0.356 e. The van der Waals surface area contributed by atoms with Crippen LogP contribution in [-0.4, -0.2) is 80.5 Å². The summed E-state index contributed by atoms with van der Waals surface area (Å²) in [5.74, 6) is -0.905. The molecular weight excluding hydrogens is 741 g/mol. The number of pyridine rings is 2. The van der Waals surface area contributed by atoms with Crippen LogP contribution < -0.4 is 0 Å². The van der Waals surface area contributed by atoms with E-state index in [1.807, 2.05) is 58.2 Å². The number of methoxy groups -OCH3 is 2. The highest BCUT2D eigenvalue weighted by Gasteiger charge is 2.20. The molecule has 2 fully saturated rings. The summed E-state index contributed by atoms with van der Waals surface area (Å²) in [5, 5.41) is 11.2. The number of carbonyl (C=O) groups excluding carboxylic acids is 4. The summed E-state index contributed by atoms with van der Waals surface area (Å²) < 4.78 is 24.8. The average molecular weight is 787 g/mol. The van der Waals surface area contributed by atoms with E-state index in [4.69, 9.17) is 9.47 Å². The molecule has 0 aliphatic carbocycles. The van der Waals surface area contributed by atoms with Crippen LogP contribution in [-0.2, 0) is 54.2 Å². The molecule has 0 amide bonds. The van der Waals surface area contributed by atoms with Crippen molar-refractivity contribution >= 4 is 45.3 Å². The molecule has 58 heavy (non-hydrogen) atoms. The topological polar surface area (TPSA) is 167 Å². The van der Waals surface area contributed by atoms with Crippen LogP contribution in [0.15, 0.2) is 85.5 Å². The van der Waals surface area contributed by atoms with E-state index in [1.54, 1.807) is 24.3 Å². The van der Waals surface area contributed by atoms with Crippen molar-refractivity contribution in [2.75, 3.05) is 27.4 Å². The lowest BCUT2D eigenvalue weighted by molar-refractivity contribution is -0.118. The molecular formula is C44H46N6O8. The Kier molecular flexibility index (Phi) is 13.1. The minimum atomic E-state index is -0.512. The van der Waals surface area contributed by atoms with E-state index in [0.29, 0.717) is 12.8 Å².